The minimum absolute atomic E-state index is 0. The highest BCUT2D eigenvalue weighted by molar-refractivity contribution is 5.85. The lowest BCUT2D eigenvalue weighted by Gasteiger charge is -2.24. The van der Waals surface area contributed by atoms with Crippen LogP contribution >= 0.6 is 12.4 Å². The third-order valence-corrected chi connectivity index (χ3v) is 4.60. The molecule has 0 N–H and O–H groups in total. The molecular formula is C15H23ClN4O3. The number of aryl methyl sites for hydroxylation is 1. The molecule has 1 aromatic rings. The third kappa shape index (κ3) is 2.83. The Balaban J connectivity index is 0.00000192. The summed E-state index contributed by atoms with van der Waals surface area (Å²) in [5.41, 5.74) is 0.445. The van der Waals surface area contributed by atoms with E-state index in [1.807, 2.05) is 32.1 Å². The Morgan fingerprint density at radius 2 is 2.26 bits per heavy atom. The van der Waals surface area contributed by atoms with Gasteiger partial charge in [0.25, 0.3) is 0 Å². The predicted octanol–water partition coefficient (Wildman–Crippen LogP) is 0.899. The van der Waals surface area contributed by atoms with Crippen molar-refractivity contribution in [2.45, 2.75) is 6.92 Å². The van der Waals surface area contributed by atoms with Gasteiger partial charge in [0.15, 0.2) is 0 Å². The van der Waals surface area contributed by atoms with Gasteiger partial charge in [0.1, 0.15) is 11.2 Å². The Bertz CT molecular complexity index is 598. The molecule has 0 amide bonds. The molecule has 128 valence electrons. The second-order valence-electron chi connectivity index (χ2n) is 6.31. The molecule has 0 bridgehead atoms. The molecule has 2 atom stereocenters. The number of carbonyl (C=O) groups is 1. The van der Waals surface area contributed by atoms with E-state index in [2.05, 4.69) is 14.9 Å². The van der Waals surface area contributed by atoms with Gasteiger partial charge >= 0.3 is 5.97 Å². The van der Waals surface area contributed by atoms with Crippen molar-refractivity contribution in [3.8, 4) is 0 Å². The summed E-state index contributed by atoms with van der Waals surface area (Å²) < 4.78 is 10.5. The highest BCUT2D eigenvalue weighted by Crippen LogP contribution is 2.43. The van der Waals surface area contributed by atoms with Crippen LogP contribution in [0.3, 0.4) is 0 Å². The van der Waals surface area contributed by atoms with Gasteiger partial charge in [-0.25, -0.2) is 4.98 Å². The zero-order valence-corrected chi connectivity index (χ0v) is 14.7. The molecule has 2 fully saturated rings. The SMILES string of the molecule is COC(=O)[C@@]12COC[C@@H]1CN(c1ncc(C)c(N(C)C)n1)C2.Cl. The summed E-state index contributed by atoms with van der Waals surface area (Å²) in [4.78, 5) is 25.4. The lowest BCUT2D eigenvalue weighted by molar-refractivity contribution is -0.152. The predicted molar refractivity (Wildman–Crippen MR) is 89.3 cm³/mol. The number of halogens is 1. The van der Waals surface area contributed by atoms with Crippen LogP contribution in [-0.4, -0.2) is 63.4 Å². The second kappa shape index (κ2) is 6.49. The Kier molecular flexibility index (Phi) is 5.01. The first-order valence-corrected chi connectivity index (χ1v) is 7.40. The average molecular weight is 343 g/mol. The number of ether oxygens (including phenoxy) is 2. The fourth-order valence-corrected chi connectivity index (χ4v) is 3.41. The maximum Gasteiger partial charge on any atom is 0.316 e. The smallest absolute Gasteiger partial charge is 0.316 e. The molecule has 0 radical (unpaired) electrons. The Morgan fingerprint density at radius 3 is 2.91 bits per heavy atom. The van der Waals surface area contributed by atoms with E-state index < -0.39 is 5.41 Å². The van der Waals surface area contributed by atoms with Crippen LogP contribution in [-0.2, 0) is 14.3 Å². The number of hydrogen-bond acceptors (Lipinski definition) is 7. The number of carbonyl (C=O) groups excluding carboxylic acids is 1. The van der Waals surface area contributed by atoms with Gasteiger partial charge in [0.05, 0.1) is 20.3 Å². The van der Waals surface area contributed by atoms with Gasteiger partial charge in [-0.1, -0.05) is 0 Å². The molecule has 0 unspecified atom stereocenters. The summed E-state index contributed by atoms with van der Waals surface area (Å²) in [6.07, 6.45) is 1.83. The molecule has 0 aromatic carbocycles. The summed E-state index contributed by atoms with van der Waals surface area (Å²) >= 11 is 0. The molecule has 2 saturated heterocycles. The average Bonchev–Trinajstić information content (AvgIpc) is 3.04. The van der Waals surface area contributed by atoms with E-state index >= 15 is 0 Å². The summed E-state index contributed by atoms with van der Waals surface area (Å²) in [5, 5.41) is 0. The first kappa shape index (κ1) is 17.7. The zero-order chi connectivity index (χ0) is 15.9. The zero-order valence-electron chi connectivity index (χ0n) is 13.9. The minimum Gasteiger partial charge on any atom is -0.468 e. The number of hydrogen-bond donors (Lipinski definition) is 0. The third-order valence-electron chi connectivity index (χ3n) is 4.60. The van der Waals surface area contributed by atoms with Crippen molar-refractivity contribution in [3.63, 3.8) is 0 Å². The molecule has 0 aliphatic carbocycles. The molecule has 23 heavy (non-hydrogen) atoms. The molecule has 2 aliphatic rings. The molecule has 0 spiro atoms. The number of fused-ring (bicyclic) bond motifs is 1. The number of methoxy groups -OCH3 is 1. The highest BCUT2D eigenvalue weighted by Gasteiger charge is 2.57. The maximum absolute atomic E-state index is 12.2. The van der Waals surface area contributed by atoms with E-state index in [0.717, 1.165) is 11.4 Å². The minimum atomic E-state index is -0.582. The molecular weight excluding hydrogens is 320 g/mol. The first-order valence-electron chi connectivity index (χ1n) is 7.40. The van der Waals surface area contributed by atoms with Gasteiger partial charge < -0.3 is 19.3 Å². The maximum atomic E-state index is 12.2. The van der Waals surface area contributed by atoms with Crippen molar-refractivity contribution in [2.75, 3.05) is 57.3 Å². The molecule has 3 heterocycles. The van der Waals surface area contributed by atoms with E-state index in [0.29, 0.717) is 32.3 Å². The van der Waals surface area contributed by atoms with Gasteiger partial charge in [-0.3, -0.25) is 4.79 Å². The molecule has 0 saturated carbocycles. The van der Waals surface area contributed by atoms with Crippen LogP contribution in [0.1, 0.15) is 5.56 Å². The van der Waals surface area contributed by atoms with Crippen LogP contribution in [0.4, 0.5) is 11.8 Å². The van der Waals surface area contributed by atoms with Crippen LogP contribution in [0.15, 0.2) is 6.20 Å². The normalized spacial score (nSPS) is 25.7. The van der Waals surface area contributed by atoms with Gasteiger partial charge in [0, 0.05) is 44.9 Å². The highest BCUT2D eigenvalue weighted by atomic mass is 35.5. The Morgan fingerprint density at radius 1 is 1.52 bits per heavy atom. The fraction of sp³-hybridized carbons (Fsp3) is 0.667. The number of rotatable bonds is 3. The molecule has 2 aliphatic heterocycles. The van der Waals surface area contributed by atoms with Crippen molar-refractivity contribution in [2.24, 2.45) is 11.3 Å². The van der Waals surface area contributed by atoms with Gasteiger partial charge in [-0.2, -0.15) is 4.98 Å². The van der Waals surface area contributed by atoms with Crippen molar-refractivity contribution in [1.82, 2.24) is 9.97 Å². The molecule has 8 heteroatoms. The van der Waals surface area contributed by atoms with Gasteiger partial charge in [-0.05, 0) is 6.92 Å². The van der Waals surface area contributed by atoms with Crippen LogP contribution < -0.4 is 9.80 Å². The Hall–Kier alpha value is -1.60. The largest absolute Gasteiger partial charge is 0.468 e. The van der Waals surface area contributed by atoms with Crippen LogP contribution in [0.5, 0.6) is 0 Å². The molecule has 3 rings (SSSR count). The van der Waals surface area contributed by atoms with E-state index in [1.165, 1.54) is 7.11 Å². The number of anilines is 2. The number of esters is 1. The van der Waals surface area contributed by atoms with Crippen molar-refractivity contribution in [3.05, 3.63) is 11.8 Å². The summed E-state index contributed by atoms with van der Waals surface area (Å²) in [7, 11) is 5.35. The molecule has 1 aromatic heterocycles. The van der Waals surface area contributed by atoms with Crippen LogP contribution in [0.25, 0.3) is 0 Å². The molecule has 7 nitrogen and oxygen atoms in total. The summed E-state index contributed by atoms with van der Waals surface area (Å²) in [5.74, 6) is 1.49. The van der Waals surface area contributed by atoms with Crippen molar-refractivity contribution >= 4 is 30.1 Å². The summed E-state index contributed by atoms with van der Waals surface area (Å²) in [6, 6.07) is 0. The van der Waals surface area contributed by atoms with Crippen molar-refractivity contribution < 1.29 is 14.3 Å². The van der Waals surface area contributed by atoms with E-state index in [4.69, 9.17) is 9.47 Å². The standard InChI is InChI=1S/C15H22N4O3.ClH/c1-10-5-16-14(17-12(10)18(2)3)19-6-11-7-22-9-15(11,8-19)13(20)21-4;/h5,11H,6-9H2,1-4H3;1H/t11-,15-;/m0./s1. The van der Waals surface area contributed by atoms with Crippen LogP contribution in [0.2, 0.25) is 0 Å². The monoisotopic (exact) mass is 342 g/mol. The van der Waals surface area contributed by atoms with Gasteiger partial charge in [0.2, 0.25) is 5.95 Å². The number of aromatic nitrogens is 2. The Labute approximate surface area is 142 Å². The van der Waals surface area contributed by atoms with E-state index in [1.54, 1.807) is 0 Å². The summed E-state index contributed by atoms with van der Waals surface area (Å²) in [6.45, 7) is 4.23. The van der Waals surface area contributed by atoms with Gasteiger partial charge in [-0.15, -0.1) is 12.4 Å². The first-order chi connectivity index (χ1) is 10.5. The lowest BCUT2D eigenvalue weighted by Crippen LogP contribution is -2.40. The number of nitrogens with zero attached hydrogens (tertiary/aromatic N) is 4. The van der Waals surface area contributed by atoms with Crippen molar-refractivity contribution in [1.29, 1.82) is 0 Å². The second-order valence-corrected chi connectivity index (χ2v) is 6.31. The topological polar surface area (TPSA) is 67.8 Å². The quantitative estimate of drug-likeness (QED) is 0.756. The van der Waals surface area contributed by atoms with Crippen LogP contribution in [0, 0.1) is 18.3 Å². The fourth-order valence-electron chi connectivity index (χ4n) is 3.41. The lowest BCUT2D eigenvalue weighted by atomic mass is 9.81. The van der Waals surface area contributed by atoms with E-state index in [-0.39, 0.29) is 24.3 Å². The van der Waals surface area contributed by atoms with E-state index in [9.17, 15) is 4.79 Å².